The van der Waals surface area contributed by atoms with E-state index in [0.717, 1.165) is 0 Å². The maximum Gasteiger partial charge on any atom is 0.410 e. The summed E-state index contributed by atoms with van der Waals surface area (Å²) < 4.78 is 5.42. The van der Waals surface area contributed by atoms with Gasteiger partial charge >= 0.3 is 6.09 Å². The van der Waals surface area contributed by atoms with E-state index in [0.29, 0.717) is 35.8 Å². The molecule has 0 aliphatic carbocycles. The number of amides is 2. The van der Waals surface area contributed by atoms with Crippen molar-refractivity contribution in [2.45, 2.75) is 25.9 Å². The topological polar surface area (TPSA) is 82.7 Å². The number of pyridine rings is 1. The van der Waals surface area contributed by atoms with Crippen molar-refractivity contribution in [2.75, 3.05) is 26.7 Å². The second-order valence-electron chi connectivity index (χ2n) is 6.28. The quantitative estimate of drug-likeness (QED) is 0.836. The number of carbonyl (C=O) groups excluding carboxylic acids is 2. The van der Waals surface area contributed by atoms with Crippen LogP contribution in [-0.2, 0) is 4.74 Å². The molecule has 2 aliphatic rings. The molecule has 3 rings (SSSR count). The zero-order valence-corrected chi connectivity index (χ0v) is 14.0. The number of likely N-dealkylation sites (tertiary alicyclic amines) is 1. The minimum atomic E-state index is -0.670. The molecule has 23 heavy (non-hydrogen) atoms. The lowest BCUT2D eigenvalue weighted by atomic mass is 10.0. The molecule has 1 aromatic heterocycles. The molecule has 1 aromatic rings. The van der Waals surface area contributed by atoms with Gasteiger partial charge in [-0.1, -0.05) is 11.6 Å². The van der Waals surface area contributed by atoms with Crippen LogP contribution in [0, 0.1) is 13.8 Å². The van der Waals surface area contributed by atoms with Crippen LogP contribution in [0.2, 0.25) is 5.02 Å². The highest BCUT2D eigenvalue weighted by atomic mass is 35.5. The molecule has 2 fully saturated rings. The number of ether oxygens (including phenoxy) is 1. The van der Waals surface area contributed by atoms with Gasteiger partial charge in [-0.2, -0.15) is 0 Å². The lowest BCUT2D eigenvalue weighted by molar-refractivity contribution is 0.0552. The Morgan fingerprint density at radius 1 is 1.30 bits per heavy atom. The van der Waals surface area contributed by atoms with Crippen LogP contribution in [0.25, 0.3) is 0 Å². The summed E-state index contributed by atoms with van der Waals surface area (Å²) in [5.74, 6) is -0.381. The van der Waals surface area contributed by atoms with Crippen LogP contribution in [0.5, 0.6) is 0 Å². The number of aromatic nitrogens is 1. The summed E-state index contributed by atoms with van der Waals surface area (Å²) in [6.45, 7) is 4.51. The molecule has 2 aliphatic heterocycles. The van der Waals surface area contributed by atoms with E-state index < -0.39 is 11.2 Å². The molecular formula is C15H18ClN3O4. The number of carbonyl (C=O) groups is 2. The molecular weight excluding hydrogens is 322 g/mol. The molecule has 3 heterocycles. The predicted molar refractivity (Wildman–Crippen MR) is 83.9 cm³/mol. The Morgan fingerprint density at radius 2 is 2.00 bits per heavy atom. The first kappa shape index (κ1) is 15.9. The van der Waals surface area contributed by atoms with E-state index in [9.17, 15) is 14.4 Å². The average molecular weight is 340 g/mol. The van der Waals surface area contributed by atoms with Gasteiger partial charge in [0, 0.05) is 25.7 Å². The summed E-state index contributed by atoms with van der Waals surface area (Å²) in [7, 11) is 1.66. The SMILES string of the molecule is Cc1[nH]c(=O)c(C(=O)N2CCC3(CN(C)C(=O)O3)C2)c(C)c1Cl. The molecule has 7 nitrogen and oxygen atoms in total. The second-order valence-corrected chi connectivity index (χ2v) is 6.65. The third-order valence-corrected chi connectivity index (χ3v) is 5.09. The van der Waals surface area contributed by atoms with Crippen LogP contribution >= 0.6 is 11.6 Å². The number of nitrogens with one attached hydrogen (secondary N) is 1. The Kier molecular flexibility index (Phi) is 3.63. The van der Waals surface area contributed by atoms with Gasteiger partial charge in [-0.15, -0.1) is 0 Å². The first-order valence-electron chi connectivity index (χ1n) is 7.36. The van der Waals surface area contributed by atoms with E-state index in [1.54, 1.807) is 25.8 Å². The summed E-state index contributed by atoms with van der Waals surface area (Å²) >= 11 is 6.15. The number of aromatic amines is 1. The lowest BCUT2D eigenvalue weighted by Crippen LogP contribution is -2.40. The third kappa shape index (κ3) is 2.49. The molecule has 1 atom stereocenters. The van der Waals surface area contributed by atoms with Gasteiger partial charge in [0.1, 0.15) is 5.56 Å². The Hall–Kier alpha value is -2.02. The van der Waals surface area contributed by atoms with Gasteiger partial charge in [0.2, 0.25) is 0 Å². The number of rotatable bonds is 1. The molecule has 2 saturated heterocycles. The van der Waals surface area contributed by atoms with Crippen LogP contribution in [0.3, 0.4) is 0 Å². The van der Waals surface area contributed by atoms with E-state index >= 15 is 0 Å². The Balaban J connectivity index is 1.88. The molecule has 2 amide bonds. The Labute approximate surface area is 138 Å². The van der Waals surface area contributed by atoms with Crippen molar-refractivity contribution in [3.05, 3.63) is 32.2 Å². The van der Waals surface area contributed by atoms with Gasteiger partial charge in [-0.3, -0.25) is 9.59 Å². The zero-order valence-electron chi connectivity index (χ0n) is 13.2. The van der Waals surface area contributed by atoms with Crippen molar-refractivity contribution in [1.29, 1.82) is 0 Å². The first-order chi connectivity index (χ1) is 10.7. The van der Waals surface area contributed by atoms with E-state index in [-0.39, 0.29) is 24.1 Å². The molecule has 1 spiro atoms. The number of nitrogens with zero attached hydrogens (tertiary/aromatic N) is 2. The summed E-state index contributed by atoms with van der Waals surface area (Å²) in [6.07, 6.45) is 0.178. The number of aryl methyl sites for hydroxylation is 1. The minimum Gasteiger partial charge on any atom is -0.439 e. The molecule has 1 unspecified atom stereocenters. The highest BCUT2D eigenvalue weighted by molar-refractivity contribution is 6.32. The van der Waals surface area contributed by atoms with E-state index in [4.69, 9.17) is 16.3 Å². The van der Waals surface area contributed by atoms with E-state index in [1.165, 1.54) is 4.90 Å². The average Bonchev–Trinajstić information content (AvgIpc) is 3.00. The lowest BCUT2D eigenvalue weighted by Gasteiger charge is -2.22. The molecule has 124 valence electrons. The van der Waals surface area contributed by atoms with Gasteiger partial charge in [0.25, 0.3) is 11.5 Å². The van der Waals surface area contributed by atoms with Crippen molar-refractivity contribution in [3.63, 3.8) is 0 Å². The summed E-state index contributed by atoms with van der Waals surface area (Å²) in [5, 5.41) is 0.383. The van der Waals surface area contributed by atoms with Crippen LogP contribution in [-0.4, -0.2) is 59.1 Å². The highest BCUT2D eigenvalue weighted by Gasteiger charge is 2.49. The van der Waals surface area contributed by atoms with Gasteiger partial charge in [-0.05, 0) is 19.4 Å². The van der Waals surface area contributed by atoms with Gasteiger partial charge in [0.05, 0.1) is 18.1 Å². The van der Waals surface area contributed by atoms with Crippen LogP contribution in [0.1, 0.15) is 28.0 Å². The molecule has 0 bridgehead atoms. The fraction of sp³-hybridized carbons (Fsp3) is 0.533. The van der Waals surface area contributed by atoms with Crippen molar-refractivity contribution >= 4 is 23.6 Å². The van der Waals surface area contributed by atoms with E-state index in [1.807, 2.05) is 0 Å². The van der Waals surface area contributed by atoms with Gasteiger partial charge in [0.15, 0.2) is 5.60 Å². The van der Waals surface area contributed by atoms with Crippen LogP contribution < -0.4 is 5.56 Å². The smallest absolute Gasteiger partial charge is 0.410 e. The van der Waals surface area contributed by atoms with Crippen LogP contribution in [0.15, 0.2) is 4.79 Å². The molecule has 8 heteroatoms. The Morgan fingerprint density at radius 3 is 2.61 bits per heavy atom. The Bertz CT molecular complexity index is 760. The highest BCUT2D eigenvalue weighted by Crippen LogP contribution is 2.32. The largest absolute Gasteiger partial charge is 0.439 e. The summed E-state index contributed by atoms with van der Waals surface area (Å²) in [5.41, 5.74) is -0.0583. The number of hydrogen-bond acceptors (Lipinski definition) is 4. The molecule has 0 aromatic carbocycles. The molecule has 1 N–H and O–H groups in total. The first-order valence-corrected chi connectivity index (χ1v) is 7.74. The monoisotopic (exact) mass is 339 g/mol. The fourth-order valence-electron chi connectivity index (χ4n) is 3.29. The van der Waals surface area contributed by atoms with Crippen molar-refractivity contribution in [2.24, 2.45) is 0 Å². The summed E-state index contributed by atoms with van der Waals surface area (Å²) in [4.78, 5) is 42.2. The van der Waals surface area contributed by atoms with Crippen molar-refractivity contribution in [1.82, 2.24) is 14.8 Å². The van der Waals surface area contributed by atoms with Gasteiger partial charge in [-0.25, -0.2) is 4.79 Å². The van der Waals surface area contributed by atoms with E-state index in [2.05, 4.69) is 4.98 Å². The maximum atomic E-state index is 12.7. The number of halogens is 1. The third-order valence-electron chi connectivity index (χ3n) is 4.52. The fourth-order valence-corrected chi connectivity index (χ4v) is 3.43. The summed E-state index contributed by atoms with van der Waals surface area (Å²) in [6, 6.07) is 0. The van der Waals surface area contributed by atoms with Crippen molar-refractivity contribution < 1.29 is 14.3 Å². The number of hydrogen-bond donors (Lipinski definition) is 1. The molecule has 0 saturated carbocycles. The van der Waals surface area contributed by atoms with Crippen molar-refractivity contribution in [3.8, 4) is 0 Å². The minimum absolute atomic E-state index is 0.0512. The normalized spacial score (nSPS) is 23.7. The number of H-pyrrole nitrogens is 1. The predicted octanol–water partition coefficient (Wildman–Crippen LogP) is 1.31. The molecule has 0 radical (unpaired) electrons. The van der Waals surface area contributed by atoms with Gasteiger partial charge < -0.3 is 19.5 Å². The van der Waals surface area contributed by atoms with Crippen LogP contribution in [0.4, 0.5) is 4.79 Å². The second kappa shape index (κ2) is 5.26. The maximum absolute atomic E-state index is 12.7. The standard InChI is InChI=1S/C15H18ClN3O4/c1-8-10(12(20)17-9(2)11(8)16)13(21)19-5-4-15(7-19)6-18(3)14(22)23-15/h4-7H2,1-3H3,(H,17,20). The zero-order chi connectivity index (χ0) is 16.9. The number of likely N-dealkylation sites (N-methyl/N-ethyl adjacent to an activating group) is 1.